The number of hydrogen-bond acceptors (Lipinski definition) is 7. The first-order chi connectivity index (χ1) is 14.3. The van der Waals surface area contributed by atoms with Gasteiger partial charge in [-0.2, -0.15) is 0 Å². The number of carbonyl (C=O) groups is 2. The van der Waals surface area contributed by atoms with E-state index in [2.05, 4.69) is 25.5 Å². The molecule has 0 saturated carbocycles. The normalized spacial score (nSPS) is 16.3. The lowest BCUT2D eigenvalue weighted by atomic mass is 10.3. The first-order valence-electron chi connectivity index (χ1n) is 10.5. The minimum absolute atomic E-state index is 0.0891. The topological polar surface area (TPSA) is 99.2 Å². The molecule has 30 heavy (non-hydrogen) atoms. The van der Waals surface area contributed by atoms with Crippen LogP contribution in [0.5, 0.6) is 0 Å². The molecule has 0 bridgehead atoms. The summed E-state index contributed by atoms with van der Waals surface area (Å²) in [5, 5.41) is 7.45. The number of ether oxygens (including phenoxy) is 1. The van der Waals surface area contributed by atoms with Crippen molar-refractivity contribution in [1.82, 2.24) is 25.4 Å². The predicted octanol–water partition coefficient (Wildman–Crippen LogP) is 1.41. The number of piperazine rings is 1. The molecular formula is C20H34N6O3S. The third kappa shape index (κ3) is 6.94. The van der Waals surface area contributed by atoms with Crippen LogP contribution in [0.4, 0.5) is 0 Å². The van der Waals surface area contributed by atoms with Gasteiger partial charge < -0.3 is 20.3 Å². The quantitative estimate of drug-likeness (QED) is 0.360. The van der Waals surface area contributed by atoms with E-state index in [1.165, 1.54) is 11.3 Å². The van der Waals surface area contributed by atoms with Gasteiger partial charge in [-0.1, -0.05) is 0 Å². The summed E-state index contributed by atoms with van der Waals surface area (Å²) < 4.78 is 5.10. The van der Waals surface area contributed by atoms with E-state index in [9.17, 15) is 9.59 Å². The van der Waals surface area contributed by atoms with Crippen LogP contribution in [0.3, 0.4) is 0 Å². The zero-order chi connectivity index (χ0) is 22.1. The molecule has 0 aliphatic carbocycles. The number of carbonyl (C=O) groups excluding carboxylic acids is 2. The highest BCUT2D eigenvalue weighted by molar-refractivity contribution is 7.13. The Labute approximate surface area is 182 Å². The lowest BCUT2D eigenvalue weighted by molar-refractivity contribution is -0.130. The summed E-state index contributed by atoms with van der Waals surface area (Å²) in [6.45, 7) is 15.2. The molecule has 1 amide bonds. The van der Waals surface area contributed by atoms with Gasteiger partial charge in [-0.05, 0) is 27.7 Å². The highest BCUT2D eigenvalue weighted by atomic mass is 32.1. The number of aliphatic imine (C=N–C) groups is 1. The van der Waals surface area contributed by atoms with Crippen molar-refractivity contribution in [3.63, 3.8) is 0 Å². The van der Waals surface area contributed by atoms with E-state index in [0.29, 0.717) is 23.7 Å². The second kappa shape index (κ2) is 11.8. The van der Waals surface area contributed by atoms with Gasteiger partial charge in [-0.15, -0.1) is 11.3 Å². The highest BCUT2D eigenvalue weighted by Crippen LogP contribution is 2.24. The second-order valence-electron chi connectivity index (χ2n) is 7.16. The Hall–Kier alpha value is -2.20. The number of aryl methyl sites for hydroxylation is 1. The first-order valence-corrected chi connectivity index (χ1v) is 11.3. The molecule has 1 saturated heterocycles. The zero-order valence-electron chi connectivity index (χ0n) is 18.7. The molecule has 1 fully saturated rings. The molecule has 2 heterocycles. The lowest BCUT2D eigenvalue weighted by Crippen LogP contribution is -2.48. The minimum atomic E-state index is -0.323. The summed E-state index contributed by atoms with van der Waals surface area (Å²) in [5.41, 5.74) is 0.689. The number of amides is 1. The molecule has 0 aromatic carbocycles. The lowest BCUT2D eigenvalue weighted by Gasteiger charge is -2.33. The van der Waals surface area contributed by atoms with Gasteiger partial charge in [0.2, 0.25) is 5.91 Å². The molecule has 0 radical (unpaired) electrons. The van der Waals surface area contributed by atoms with E-state index in [-0.39, 0.29) is 17.9 Å². The van der Waals surface area contributed by atoms with E-state index in [0.717, 1.165) is 50.2 Å². The Morgan fingerprint density at radius 1 is 1.27 bits per heavy atom. The monoisotopic (exact) mass is 438 g/mol. The van der Waals surface area contributed by atoms with Crippen LogP contribution in [0.2, 0.25) is 0 Å². The van der Waals surface area contributed by atoms with Crippen LogP contribution in [0.1, 0.15) is 54.1 Å². The smallest absolute Gasteiger partial charge is 0.350 e. The van der Waals surface area contributed by atoms with Crippen LogP contribution in [-0.2, 0) is 9.53 Å². The predicted molar refractivity (Wildman–Crippen MR) is 119 cm³/mol. The van der Waals surface area contributed by atoms with Crippen LogP contribution >= 0.6 is 11.3 Å². The molecule has 1 aliphatic heterocycles. The van der Waals surface area contributed by atoms with Gasteiger partial charge in [0.15, 0.2) is 5.96 Å². The Morgan fingerprint density at radius 3 is 2.57 bits per heavy atom. The Kier molecular flexibility index (Phi) is 9.51. The molecule has 9 nitrogen and oxygen atoms in total. The van der Waals surface area contributed by atoms with E-state index in [1.807, 2.05) is 25.7 Å². The van der Waals surface area contributed by atoms with Crippen molar-refractivity contribution in [3.05, 3.63) is 15.6 Å². The Bertz CT molecular complexity index is 743. The highest BCUT2D eigenvalue weighted by Gasteiger charge is 2.20. The number of nitrogens with zero attached hydrogens (tertiary/aromatic N) is 4. The zero-order valence-corrected chi connectivity index (χ0v) is 19.5. The van der Waals surface area contributed by atoms with Crippen LogP contribution < -0.4 is 10.6 Å². The molecule has 168 valence electrons. The van der Waals surface area contributed by atoms with Gasteiger partial charge in [0, 0.05) is 46.2 Å². The fraction of sp³-hybridized carbons (Fsp3) is 0.700. The van der Waals surface area contributed by atoms with Gasteiger partial charge >= 0.3 is 5.97 Å². The molecule has 1 unspecified atom stereocenters. The number of esters is 1. The third-order valence-electron chi connectivity index (χ3n) is 4.85. The van der Waals surface area contributed by atoms with Crippen molar-refractivity contribution in [3.8, 4) is 0 Å². The molecule has 2 rings (SSSR count). The summed E-state index contributed by atoms with van der Waals surface area (Å²) in [7, 11) is 0. The molecule has 1 aromatic heterocycles. The van der Waals surface area contributed by atoms with Crippen LogP contribution in [-0.4, -0.2) is 85.0 Å². The van der Waals surface area contributed by atoms with Gasteiger partial charge in [-0.25, -0.2) is 9.78 Å². The molecule has 2 N–H and O–H groups in total. The summed E-state index contributed by atoms with van der Waals surface area (Å²) in [6, 6.07) is -0.0891. The SMILES string of the molecule is CCNC(=NCCN1CCN(C(C)=O)CC1)NC(C)c1nc(C)c(C(=O)OCC)s1. The number of guanidine groups is 1. The number of hydrogen-bond donors (Lipinski definition) is 2. The van der Waals surface area contributed by atoms with Crippen LogP contribution in [0.25, 0.3) is 0 Å². The number of aromatic nitrogens is 1. The molecule has 1 aromatic rings. The van der Waals surface area contributed by atoms with Gasteiger partial charge in [0.1, 0.15) is 9.88 Å². The largest absolute Gasteiger partial charge is 0.462 e. The van der Waals surface area contributed by atoms with E-state index in [4.69, 9.17) is 4.74 Å². The van der Waals surface area contributed by atoms with Crippen molar-refractivity contribution >= 4 is 29.2 Å². The van der Waals surface area contributed by atoms with Gasteiger partial charge in [0.25, 0.3) is 0 Å². The second-order valence-corrected chi connectivity index (χ2v) is 8.19. The Balaban J connectivity index is 1.90. The molecule has 1 aliphatic rings. The first kappa shape index (κ1) is 24.1. The minimum Gasteiger partial charge on any atom is -0.462 e. The van der Waals surface area contributed by atoms with Crippen molar-refractivity contribution in [1.29, 1.82) is 0 Å². The van der Waals surface area contributed by atoms with Gasteiger partial charge in [-0.3, -0.25) is 14.7 Å². The summed E-state index contributed by atoms with van der Waals surface area (Å²) in [5.74, 6) is 0.540. The third-order valence-corrected chi connectivity index (χ3v) is 6.17. The maximum Gasteiger partial charge on any atom is 0.350 e. The van der Waals surface area contributed by atoms with Crippen molar-refractivity contribution in [2.24, 2.45) is 4.99 Å². The average Bonchev–Trinajstić information content (AvgIpc) is 3.10. The summed E-state index contributed by atoms with van der Waals surface area (Å²) >= 11 is 1.35. The maximum absolute atomic E-state index is 12.0. The number of thiazole rings is 1. The van der Waals surface area contributed by atoms with E-state index in [1.54, 1.807) is 13.8 Å². The van der Waals surface area contributed by atoms with Crippen molar-refractivity contribution in [2.75, 3.05) is 52.4 Å². The Morgan fingerprint density at radius 2 is 1.97 bits per heavy atom. The average molecular weight is 439 g/mol. The maximum atomic E-state index is 12.0. The molecule has 0 spiro atoms. The van der Waals surface area contributed by atoms with Crippen LogP contribution in [0.15, 0.2) is 4.99 Å². The van der Waals surface area contributed by atoms with Crippen LogP contribution in [0, 0.1) is 6.92 Å². The fourth-order valence-corrected chi connectivity index (χ4v) is 4.13. The fourth-order valence-electron chi connectivity index (χ4n) is 3.16. The molecular weight excluding hydrogens is 404 g/mol. The van der Waals surface area contributed by atoms with Crippen molar-refractivity contribution in [2.45, 2.75) is 40.7 Å². The number of nitrogens with one attached hydrogen (secondary N) is 2. The summed E-state index contributed by atoms with van der Waals surface area (Å²) in [6.07, 6.45) is 0. The number of rotatable bonds is 8. The van der Waals surface area contributed by atoms with Crippen molar-refractivity contribution < 1.29 is 14.3 Å². The standard InChI is InChI=1S/C20H34N6O3S/c1-6-21-20(22-8-9-25-10-12-26(13-11-25)16(5)27)24-15(4)18-23-14(3)17(30-18)19(28)29-7-2/h15H,6-13H2,1-5H3,(H2,21,22,24). The summed E-state index contributed by atoms with van der Waals surface area (Å²) in [4.78, 5) is 37.4. The van der Waals surface area contributed by atoms with E-state index < -0.39 is 0 Å². The van der Waals surface area contributed by atoms with E-state index >= 15 is 0 Å². The van der Waals surface area contributed by atoms with Gasteiger partial charge in [0.05, 0.1) is 24.9 Å². The molecule has 1 atom stereocenters. The molecule has 10 heteroatoms.